The molecule has 0 saturated carbocycles. The van der Waals surface area contributed by atoms with E-state index in [0.29, 0.717) is 6.42 Å². The lowest BCUT2D eigenvalue weighted by Crippen LogP contribution is -2.05. The molecule has 1 rings (SSSR count). The lowest BCUT2D eigenvalue weighted by atomic mass is 10.2. The van der Waals surface area contributed by atoms with Gasteiger partial charge < -0.3 is 5.11 Å². The number of aliphatic carboxylic acids is 1. The quantitative estimate of drug-likeness (QED) is 0.644. The van der Waals surface area contributed by atoms with Crippen LogP contribution in [0.5, 0.6) is 0 Å². The van der Waals surface area contributed by atoms with E-state index in [1.807, 2.05) is 18.2 Å². The van der Waals surface area contributed by atoms with Gasteiger partial charge >= 0.3 is 5.97 Å². The van der Waals surface area contributed by atoms with Gasteiger partial charge in [-0.15, -0.1) is 11.8 Å². The van der Waals surface area contributed by atoms with Gasteiger partial charge in [0.1, 0.15) is 0 Å². The van der Waals surface area contributed by atoms with Crippen molar-refractivity contribution in [1.82, 2.24) is 0 Å². The molecule has 0 saturated heterocycles. The summed E-state index contributed by atoms with van der Waals surface area (Å²) in [5.41, 5.74) is 0. The summed E-state index contributed by atoms with van der Waals surface area (Å²) < 4.78 is 0. The maximum Gasteiger partial charge on any atom is 0.303 e. The second kappa shape index (κ2) is 6.90. The minimum atomic E-state index is -0.732. The topological polar surface area (TPSA) is 37.3 Å². The third-order valence-electron chi connectivity index (χ3n) is 1.85. The van der Waals surface area contributed by atoms with Crippen molar-refractivity contribution in [3.8, 4) is 0 Å². The number of alkyl halides is 1. The zero-order valence-electron chi connectivity index (χ0n) is 8.23. The van der Waals surface area contributed by atoms with Gasteiger partial charge in [0.15, 0.2) is 0 Å². The van der Waals surface area contributed by atoms with Crippen LogP contribution in [0.3, 0.4) is 0 Å². The first-order valence-corrected chi connectivity index (χ1v) is 6.62. The minimum Gasteiger partial charge on any atom is -0.481 e. The summed E-state index contributed by atoms with van der Waals surface area (Å²) in [5, 5.41) is 8.52. The van der Waals surface area contributed by atoms with E-state index in [-0.39, 0.29) is 11.2 Å². The van der Waals surface area contributed by atoms with Crippen LogP contribution in [0.15, 0.2) is 35.2 Å². The molecule has 0 radical (unpaired) electrons. The van der Waals surface area contributed by atoms with Crippen LogP contribution < -0.4 is 0 Å². The van der Waals surface area contributed by atoms with Gasteiger partial charge in [0.2, 0.25) is 0 Å². The Hall–Kier alpha value is -0.480. The number of thioether (sulfide) groups is 1. The van der Waals surface area contributed by atoms with Crippen molar-refractivity contribution in [2.24, 2.45) is 0 Å². The van der Waals surface area contributed by atoms with E-state index in [2.05, 4.69) is 28.1 Å². The molecule has 0 aliphatic carbocycles. The molecule has 0 spiro atoms. The zero-order chi connectivity index (χ0) is 11.1. The van der Waals surface area contributed by atoms with E-state index in [4.69, 9.17) is 5.11 Å². The molecular formula is C11H13BrO2S. The van der Waals surface area contributed by atoms with E-state index in [1.165, 1.54) is 4.90 Å². The fourth-order valence-corrected chi connectivity index (χ4v) is 2.58. The second-order valence-corrected chi connectivity index (χ2v) is 5.54. The van der Waals surface area contributed by atoms with Crippen LogP contribution in [0.4, 0.5) is 0 Å². The van der Waals surface area contributed by atoms with E-state index in [0.717, 1.165) is 5.75 Å². The molecule has 0 aromatic heterocycles. The molecule has 2 nitrogen and oxygen atoms in total. The van der Waals surface area contributed by atoms with Crippen molar-refractivity contribution in [1.29, 1.82) is 0 Å². The minimum absolute atomic E-state index is 0.227. The molecule has 0 bridgehead atoms. The van der Waals surface area contributed by atoms with Crippen LogP contribution in [-0.2, 0) is 4.79 Å². The molecule has 1 aromatic rings. The standard InChI is InChI=1S/C11H13BrO2S/c12-9(6-7-11(13)14)8-15-10-4-2-1-3-5-10/h1-5,9H,6-8H2,(H,13,14). The molecule has 1 N–H and O–H groups in total. The Balaban J connectivity index is 2.22. The first kappa shape index (κ1) is 12.6. The molecule has 0 aliphatic heterocycles. The third-order valence-corrected chi connectivity index (χ3v) is 4.23. The smallest absolute Gasteiger partial charge is 0.303 e. The zero-order valence-corrected chi connectivity index (χ0v) is 10.6. The van der Waals surface area contributed by atoms with Crippen LogP contribution in [0.2, 0.25) is 0 Å². The van der Waals surface area contributed by atoms with Gasteiger partial charge in [-0.3, -0.25) is 4.79 Å². The molecule has 1 aromatic carbocycles. The van der Waals surface area contributed by atoms with Crippen LogP contribution >= 0.6 is 27.7 Å². The SMILES string of the molecule is O=C(O)CCC(Br)CSc1ccccc1. The predicted octanol–water partition coefficient (Wildman–Crippen LogP) is 3.41. The summed E-state index contributed by atoms with van der Waals surface area (Å²) in [4.78, 5) is 11.8. The van der Waals surface area contributed by atoms with Crippen LogP contribution in [0.25, 0.3) is 0 Å². The van der Waals surface area contributed by atoms with Gasteiger partial charge in [-0.25, -0.2) is 0 Å². The summed E-state index contributed by atoms with van der Waals surface area (Å²) in [7, 11) is 0. The maximum absolute atomic E-state index is 10.4. The highest BCUT2D eigenvalue weighted by Crippen LogP contribution is 2.22. The number of rotatable bonds is 6. The number of benzene rings is 1. The molecule has 15 heavy (non-hydrogen) atoms. The van der Waals surface area contributed by atoms with E-state index in [1.54, 1.807) is 11.8 Å². The lowest BCUT2D eigenvalue weighted by Gasteiger charge is -2.07. The first-order valence-electron chi connectivity index (χ1n) is 4.72. The van der Waals surface area contributed by atoms with Crippen LogP contribution in [0.1, 0.15) is 12.8 Å². The van der Waals surface area contributed by atoms with Crippen LogP contribution in [-0.4, -0.2) is 21.7 Å². The molecule has 1 atom stereocenters. The third kappa shape index (κ3) is 5.85. The summed E-state index contributed by atoms with van der Waals surface area (Å²) in [6.45, 7) is 0. The monoisotopic (exact) mass is 288 g/mol. The molecule has 82 valence electrons. The van der Waals surface area contributed by atoms with Crippen LogP contribution in [0, 0.1) is 0 Å². The maximum atomic E-state index is 10.4. The van der Waals surface area contributed by atoms with Crippen molar-refractivity contribution in [2.75, 3.05) is 5.75 Å². The Labute approximate surface area is 102 Å². The van der Waals surface area contributed by atoms with E-state index < -0.39 is 5.97 Å². The fraction of sp³-hybridized carbons (Fsp3) is 0.364. The van der Waals surface area contributed by atoms with E-state index in [9.17, 15) is 4.79 Å². The molecule has 0 heterocycles. The molecule has 0 amide bonds. The van der Waals surface area contributed by atoms with Crippen molar-refractivity contribution in [2.45, 2.75) is 22.6 Å². The van der Waals surface area contributed by atoms with Gasteiger partial charge in [0.05, 0.1) is 0 Å². The Morgan fingerprint density at radius 2 is 2.07 bits per heavy atom. The molecule has 0 aliphatic rings. The van der Waals surface area contributed by atoms with Crippen molar-refractivity contribution < 1.29 is 9.90 Å². The van der Waals surface area contributed by atoms with Crippen molar-refractivity contribution in [3.05, 3.63) is 30.3 Å². The van der Waals surface area contributed by atoms with Gasteiger partial charge in [-0.2, -0.15) is 0 Å². The highest BCUT2D eigenvalue weighted by molar-refractivity contribution is 9.09. The number of carboxylic acid groups (broad SMARTS) is 1. The van der Waals surface area contributed by atoms with Crippen molar-refractivity contribution >= 4 is 33.7 Å². The highest BCUT2D eigenvalue weighted by Gasteiger charge is 2.07. The number of carbonyl (C=O) groups is 1. The van der Waals surface area contributed by atoms with Gasteiger partial charge in [-0.1, -0.05) is 34.1 Å². The summed E-state index contributed by atoms with van der Waals surface area (Å²) in [5.74, 6) is 0.168. The van der Waals surface area contributed by atoms with E-state index >= 15 is 0 Å². The first-order chi connectivity index (χ1) is 7.18. The summed E-state index contributed by atoms with van der Waals surface area (Å²) in [6.07, 6.45) is 0.903. The second-order valence-electron chi connectivity index (χ2n) is 3.15. The lowest BCUT2D eigenvalue weighted by molar-refractivity contribution is -0.137. The average molecular weight is 289 g/mol. The average Bonchev–Trinajstić information content (AvgIpc) is 2.25. The Bertz CT molecular complexity index is 303. The highest BCUT2D eigenvalue weighted by atomic mass is 79.9. The van der Waals surface area contributed by atoms with Gasteiger partial charge in [-0.05, 0) is 18.6 Å². The molecule has 4 heteroatoms. The largest absolute Gasteiger partial charge is 0.481 e. The Morgan fingerprint density at radius 3 is 2.67 bits per heavy atom. The van der Waals surface area contributed by atoms with Crippen molar-refractivity contribution in [3.63, 3.8) is 0 Å². The summed E-state index contributed by atoms with van der Waals surface area (Å²) >= 11 is 5.22. The van der Waals surface area contributed by atoms with Gasteiger partial charge in [0.25, 0.3) is 0 Å². The fourth-order valence-electron chi connectivity index (χ4n) is 1.07. The van der Waals surface area contributed by atoms with Gasteiger partial charge in [0, 0.05) is 21.9 Å². The number of carboxylic acids is 1. The Kier molecular flexibility index (Phi) is 5.79. The predicted molar refractivity (Wildman–Crippen MR) is 66.8 cm³/mol. The molecule has 0 fully saturated rings. The number of hydrogen-bond acceptors (Lipinski definition) is 2. The summed E-state index contributed by atoms with van der Waals surface area (Å²) in [6, 6.07) is 10.1. The molecular weight excluding hydrogens is 276 g/mol. The normalized spacial score (nSPS) is 12.3. The number of hydrogen-bond donors (Lipinski definition) is 1. The Morgan fingerprint density at radius 1 is 1.40 bits per heavy atom. The molecule has 1 unspecified atom stereocenters. The number of halogens is 1.